The summed E-state index contributed by atoms with van der Waals surface area (Å²) >= 11 is 0. The van der Waals surface area contributed by atoms with Crippen LogP contribution >= 0.6 is 0 Å². The summed E-state index contributed by atoms with van der Waals surface area (Å²) in [6.07, 6.45) is 0.865. The number of carbonyl (C=O) groups is 2. The Bertz CT molecular complexity index is 1130. The van der Waals surface area contributed by atoms with Gasteiger partial charge in [-0.15, -0.1) is 0 Å². The first-order valence-electron chi connectivity index (χ1n) is 10.5. The first kappa shape index (κ1) is 24.3. The number of para-hydroxylation sites is 2. The van der Waals surface area contributed by atoms with E-state index in [1.165, 1.54) is 41.6 Å². The van der Waals surface area contributed by atoms with Crippen LogP contribution in [0.15, 0.2) is 53.4 Å². The Kier molecular flexibility index (Phi) is 7.77. The SMILES string of the molecule is CC(OC(=O)CCc1ccc(S(=O)(=O)N2CCCC2)cc1)C(=O)Nc1ccccc1[N+](=O)[O-]. The van der Waals surface area contributed by atoms with E-state index in [4.69, 9.17) is 4.74 Å². The Hall–Kier alpha value is -3.31. The molecule has 1 heterocycles. The van der Waals surface area contributed by atoms with Gasteiger partial charge >= 0.3 is 5.97 Å². The highest BCUT2D eigenvalue weighted by molar-refractivity contribution is 7.89. The van der Waals surface area contributed by atoms with E-state index in [2.05, 4.69) is 5.32 Å². The molecule has 0 spiro atoms. The summed E-state index contributed by atoms with van der Waals surface area (Å²) in [4.78, 5) is 35.1. The Labute approximate surface area is 191 Å². The molecule has 11 heteroatoms. The number of aryl methyl sites for hydroxylation is 1. The van der Waals surface area contributed by atoms with Gasteiger partial charge in [-0.25, -0.2) is 8.42 Å². The predicted molar refractivity (Wildman–Crippen MR) is 120 cm³/mol. The Morgan fingerprint density at radius 2 is 1.76 bits per heavy atom. The average Bonchev–Trinajstić information content (AvgIpc) is 3.34. The molecule has 10 nitrogen and oxygen atoms in total. The molecule has 1 aliphatic heterocycles. The van der Waals surface area contributed by atoms with Gasteiger partial charge in [0.15, 0.2) is 6.10 Å². The van der Waals surface area contributed by atoms with Crippen molar-refractivity contribution in [1.82, 2.24) is 4.31 Å². The fourth-order valence-corrected chi connectivity index (χ4v) is 4.95. The van der Waals surface area contributed by atoms with Gasteiger partial charge in [0, 0.05) is 25.6 Å². The second kappa shape index (κ2) is 10.5. The van der Waals surface area contributed by atoms with Crippen LogP contribution in [0, 0.1) is 10.1 Å². The minimum Gasteiger partial charge on any atom is -0.453 e. The molecule has 1 fully saturated rings. The summed E-state index contributed by atoms with van der Waals surface area (Å²) in [5.74, 6) is -1.30. The number of esters is 1. The number of benzene rings is 2. The number of hydrogen-bond donors (Lipinski definition) is 1. The molecule has 2 aromatic carbocycles. The van der Waals surface area contributed by atoms with Crippen molar-refractivity contribution >= 4 is 33.3 Å². The first-order chi connectivity index (χ1) is 15.7. The number of amides is 1. The van der Waals surface area contributed by atoms with Crippen LogP contribution in [-0.4, -0.2) is 48.7 Å². The van der Waals surface area contributed by atoms with Crippen LogP contribution in [0.5, 0.6) is 0 Å². The van der Waals surface area contributed by atoms with Crippen LogP contribution in [0.3, 0.4) is 0 Å². The molecule has 0 aliphatic carbocycles. The number of rotatable bonds is 9. The van der Waals surface area contributed by atoms with Crippen molar-refractivity contribution in [2.75, 3.05) is 18.4 Å². The van der Waals surface area contributed by atoms with E-state index in [0.29, 0.717) is 19.5 Å². The second-order valence-corrected chi connectivity index (χ2v) is 9.59. The second-order valence-electron chi connectivity index (χ2n) is 7.65. The van der Waals surface area contributed by atoms with Crippen molar-refractivity contribution in [1.29, 1.82) is 0 Å². The number of nitrogens with zero attached hydrogens (tertiary/aromatic N) is 2. The van der Waals surface area contributed by atoms with Crippen LogP contribution in [0.1, 0.15) is 31.7 Å². The van der Waals surface area contributed by atoms with Crippen molar-refractivity contribution in [3.05, 3.63) is 64.2 Å². The fourth-order valence-electron chi connectivity index (χ4n) is 3.43. The molecule has 1 amide bonds. The monoisotopic (exact) mass is 475 g/mol. The third-order valence-corrected chi connectivity index (χ3v) is 7.19. The number of sulfonamides is 1. The fraction of sp³-hybridized carbons (Fsp3) is 0.364. The van der Waals surface area contributed by atoms with Gasteiger partial charge in [-0.2, -0.15) is 4.31 Å². The summed E-state index contributed by atoms with van der Waals surface area (Å²) < 4.78 is 31.7. The Balaban J connectivity index is 1.50. The zero-order valence-corrected chi connectivity index (χ0v) is 18.9. The Morgan fingerprint density at radius 1 is 1.12 bits per heavy atom. The standard InChI is InChI=1S/C22H25N3O7S/c1-16(22(27)23-19-6-2-3-7-20(19)25(28)29)32-21(26)13-10-17-8-11-18(12-9-17)33(30,31)24-14-4-5-15-24/h2-3,6-9,11-12,16H,4-5,10,13-15H2,1H3,(H,23,27). The van der Waals surface area contributed by atoms with Crippen molar-refractivity contribution < 1.29 is 27.7 Å². The quantitative estimate of drug-likeness (QED) is 0.334. The molecule has 0 bridgehead atoms. The van der Waals surface area contributed by atoms with E-state index in [0.717, 1.165) is 18.4 Å². The zero-order chi connectivity index (χ0) is 24.0. The number of hydrogen-bond acceptors (Lipinski definition) is 7. The molecule has 2 aromatic rings. The van der Waals surface area contributed by atoms with Crippen molar-refractivity contribution in [3.63, 3.8) is 0 Å². The number of nitro benzene ring substituents is 1. The summed E-state index contributed by atoms with van der Waals surface area (Å²) in [5, 5.41) is 13.4. The third kappa shape index (κ3) is 6.14. The van der Waals surface area contributed by atoms with Gasteiger partial charge in [0.2, 0.25) is 10.0 Å². The lowest BCUT2D eigenvalue weighted by atomic mass is 10.1. The number of nitro groups is 1. The molecule has 0 aromatic heterocycles. The summed E-state index contributed by atoms with van der Waals surface area (Å²) in [6, 6.07) is 12.0. The number of anilines is 1. The van der Waals surface area contributed by atoms with Gasteiger partial charge in [0.25, 0.3) is 11.6 Å². The number of carbonyl (C=O) groups excluding carboxylic acids is 2. The van der Waals surface area contributed by atoms with Gasteiger partial charge in [0.1, 0.15) is 5.69 Å². The van der Waals surface area contributed by atoms with Crippen LogP contribution < -0.4 is 5.32 Å². The molecule has 1 saturated heterocycles. The lowest BCUT2D eigenvalue weighted by molar-refractivity contribution is -0.383. The molecular formula is C22H25N3O7S. The van der Waals surface area contributed by atoms with Gasteiger partial charge in [0.05, 0.1) is 9.82 Å². The predicted octanol–water partition coefficient (Wildman–Crippen LogP) is 2.88. The average molecular weight is 476 g/mol. The summed E-state index contributed by atoms with van der Waals surface area (Å²) in [7, 11) is -3.49. The zero-order valence-electron chi connectivity index (χ0n) is 18.1. The summed E-state index contributed by atoms with van der Waals surface area (Å²) in [5.41, 5.74) is 0.503. The minimum absolute atomic E-state index is 0.0126. The summed E-state index contributed by atoms with van der Waals surface area (Å²) in [6.45, 7) is 2.43. The van der Waals surface area contributed by atoms with Crippen LogP contribution in [0.25, 0.3) is 0 Å². The van der Waals surface area contributed by atoms with E-state index in [9.17, 15) is 28.1 Å². The molecule has 176 valence electrons. The maximum absolute atomic E-state index is 12.6. The lowest BCUT2D eigenvalue weighted by Gasteiger charge is -2.15. The third-order valence-electron chi connectivity index (χ3n) is 5.28. The van der Waals surface area contributed by atoms with Gasteiger partial charge in [-0.3, -0.25) is 19.7 Å². The lowest BCUT2D eigenvalue weighted by Crippen LogP contribution is -2.30. The molecule has 1 aliphatic rings. The molecule has 1 N–H and O–H groups in total. The normalized spacial score (nSPS) is 15.1. The largest absolute Gasteiger partial charge is 0.453 e. The molecule has 33 heavy (non-hydrogen) atoms. The van der Waals surface area contributed by atoms with Crippen molar-refractivity contribution in [3.8, 4) is 0 Å². The maximum atomic E-state index is 12.6. The van der Waals surface area contributed by atoms with Crippen LogP contribution in [0.4, 0.5) is 11.4 Å². The van der Waals surface area contributed by atoms with Gasteiger partial charge in [-0.05, 0) is 49.9 Å². The highest BCUT2D eigenvalue weighted by Crippen LogP contribution is 2.24. The Morgan fingerprint density at radius 3 is 2.39 bits per heavy atom. The van der Waals surface area contributed by atoms with E-state index in [1.807, 2.05) is 0 Å². The van der Waals surface area contributed by atoms with Crippen LogP contribution in [-0.2, 0) is 30.8 Å². The van der Waals surface area contributed by atoms with Gasteiger partial charge < -0.3 is 10.1 Å². The maximum Gasteiger partial charge on any atom is 0.306 e. The van der Waals surface area contributed by atoms with E-state index in [-0.39, 0.29) is 22.7 Å². The molecule has 0 radical (unpaired) electrons. The van der Waals surface area contributed by atoms with Crippen molar-refractivity contribution in [2.45, 2.75) is 43.6 Å². The van der Waals surface area contributed by atoms with E-state index < -0.39 is 32.9 Å². The number of ether oxygens (including phenoxy) is 1. The van der Waals surface area contributed by atoms with E-state index in [1.54, 1.807) is 18.2 Å². The smallest absolute Gasteiger partial charge is 0.306 e. The molecular weight excluding hydrogens is 450 g/mol. The minimum atomic E-state index is -3.49. The van der Waals surface area contributed by atoms with E-state index >= 15 is 0 Å². The van der Waals surface area contributed by atoms with Crippen molar-refractivity contribution in [2.24, 2.45) is 0 Å². The number of nitrogens with one attached hydrogen (secondary N) is 1. The molecule has 0 saturated carbocycles. The van der Waals surface area contributed by atoms with Crippen LogP contribution in [0.2, 0.25) is 0 Å². The molecule has 1 unspecified atom stereocenters. The molecule has 1 atom stereocenters. The highest BCUT2D eigenvalue weighted by atomic mass is 32.2. The highest BCUT2D eigenvalue weighted by Gasteiger charge is 2.27. The molecule has 3 rings (SSSR count). The first-order valence-corrected chi connectivity index (χ1v) is 12.0. The topological polar surface area (TPSA) is 136 Å². The van der Waals surface area contributed by atoms with Gasteiger partial charge in [-0.1, -0.05) is 24.3 Å².